The van der Waals surface area contributed by atoms with Gasteiger partial charge in [0.05, 0.1) is 0 Å². The van der Waals surface area contributed by atoms with Crippen molar-refractivity contribution in [2.75, 3.05) is 31.1 Å². The first-order valence-electron chi connectivity index (χ1n) is 9.15. The molecule has 1 N–H and O–H groups in total. The van der Waals surface area contributed by atoms with E-state index in [4.69, 9.17) is 0 Å². The van der Waals surface area contributed by atoms with Gasteiger partial charge in [-0.15, -0.1) is 0 Å². The number of piperazine rings is 1. The molecule has 1 heterocycles. The molecule has 0 saturated carbocycles. The smallest absolute Gasteiger partial charge is 0.263 e. The van der Waals surface area contributed by atoms with Crippen LogP contribution in [0.15, 0.2) is 66.4 Å². The maximum Gasteiger partial charge on any atom is 0.263 e. The van der Waals surface area contributed by atoms with Crippen LogP contribution in [-0.2, 0) is 11.3 Å². The Kier molecular flexibility index (Phi) is 6.11. The number of nitrogens with one attached hydrogen (secondary N) is 1. The first kappa shape index (κ1) is 18.5. The SMILES string of the molecule is Cc1cccc(N2CCN(/C=C(/C#N)C(=O)NCc3ccccc3)CC2)c1. The molecule has 0 aromatic heterocycles. The molecule has 0 unspecified atom stereocenters. The number of benzene rings is 2. The van der Waals surface area contributed by atoms with Gasteiger partial charge in [0.2, 0.25) is 0 Å². The second kappa shape index (κ2) is 8.91. The number of aryl methyl sites for hydroxylation is 1. The van der Waals surface area contributed by atoms with Crippen molar-refractivity contribution < 1.29 is 4.79 Å². The fourth-order valence-electron chi connectivity index (χ4n) is 3.13. The molecule has 1 aliphatic rings. The Morgan fingerprint density at radius 3 is 2.52 bits per heavy atom. The Bertz CT molecular complexity index is 846. The summed E-state index contributed by atoms with van der Waals surface area (Å²) in [5.41, 5.74) is 3.63. The van der Waals surface area contributed by atoms with E-state index in [0.29, 0.717) is 6.54 Å². The van der Waals surface area contributed by atoms with Crippen LogP contribution < -0.4 is 10.2 Å². The number of carbonyl (C=O) groups excluding carboxylic acids is 1. The Morgan fingerprint density at radius 2 is 1.85 bits per heavy atom. The molecule has 138 valence electrons. The average Bonchev–Trinajstić information content (AvgIpc) is 2.71. The fraction of sp³-hybridized carbons (Fsp3) is 0.273. The van der Waals surface area contributed by atoms with Gasteiger partial charge in [-0.1, -0.05) is 42.5 Å². The third kappa shape index (κ3) is 5.11. The van der Waals surface area contributed by atoms with Crippen LogP contribution in [0.25, 0.3) is 0 Å². The van der Waals surface area contributed by atoms with Crippen molar-refractivity contribution in [2.45, 2.75) is 13.5 Å². The summed E-state index contributed by atoms with van der Waals surface area (Å²) in [6.45, 7) is 5.81. The molecule has 2 aromatic carbocycles. The maximum atomic E-state index is 12.3. The molecule has 1 amide bonds. The predicted molar refractivity (Wildman–Crippen MR) is 107 cm³/mol. The second-order valence-corrected chi connectivity index (χ2v) is 6.68. The van der Waals surface area contributed by atoms with Crippen LogP contribution in [0.3, 0.4) is 0 Å². The van der Waals surface area contributed by atoms with Crippen LogP contribution in [-0.4, -0.2) is 37.0 Å². The standard InChI is InChI=1S/C22H24N4O/c1-18-6-5-9-21(14-18)26-12-10-25(11-13-26)17-20(15-23)22(27)24-16-19-7-3-2-4-8-19/h2-9,14,17H,10-13,16H2,1H3,(H,24,27)/b20-17-. The van der Waals surface area contributed by atoms with Gasteiger partial charge in [0.1, 0.15) is 11.6 Å². The van der Waals surface area contributed by atoms with Crippen molar-refractivity contribution in [1.29, 1.82) is 5.26 Å². The highest BCUT2D eigenvalue weighted by molar-refractivity contribution is 5.97. The average molecular weight is 360 g/mol. The zero-order valence-corrected chi connectivity index (χ0v) is 15.6. The van der Waals surface area contributed by atoms with E-state index < -0.39 is 0 Å². The van der Waals surface area contributed by atoms with E-state index in [9.17, 15) is 10.1 Å². The van der Waals surface area contributed by atoms with Crippen molar-refractivity contribution in [1.82, 2.24) is 10.2 Å². The van der Waals surface area contributed by atoms with E-state index in [0.717, 1.165) is 31.7 Å². The zero-order chi connectivity index (χ0) is 19.1. The molecule has 0 aliphatic carbocycles. The molecule has 1 saturated heterocycles. The van der Waals surface area contributed by atoms with Gasteiger partial charge in [-0.05, 0) is 30.2 Å². The molecule has 3 rings (SSSR count). The minimum absolute atomic E-state index is 0.148. The summed E-state index contributed by atoms with van der Waals surface area (Å²) < 4.78 is 0. The van der Waals surface area contributed by atoms with E-state index in [1.54, 1.807) is 6.20 Å². The van der Waals surface area contributed by atoms with Gasteiger partial charge < -0.3 is 15.1 Å². The van der Waals surface area contributed by atoms with Crippen LogP contribution in [0.1, 0.15) is 11.1 Å². The normalized spacial score (nSPS) is 14.6. The van der Waals surface area contributed by atoms with Crippen molar-refractivity contribution >= 4 is 11.6 Å². The Labute approximate surface area is 160 Å². The molecule has 0 radical (unpaired) electrons. The highest BCUT2D eigenvalue weighted by atomic mass is 16.1. The lowest BCUT2D eigenvalue weighted by molar-refractivity contribution is -0.117. The molecular formula is C22H24N4O. The maximum absolute atomic E-state index is 12.3. The lowest BCUT2D eigenvalue weighted by atomic mass is 10.2. The van der Waals surface area contributed by atoms with E-state index in [1.165, 1.54) is 11.3 Å². The zero-order valence-electron chi connectivity index (χ0n) is 15.6. The number of hydrogen-bond donors (Lipinski definition) is 1. The summed E-state index contributed by atoms with van der Waals surface area (Å²) >= 11 is 0. The minimum Gasteiger partial charge on any atom is -0.373 e. The van der Waals surface area contributed by atoms with Crippen molar-refractivity contribution in [2.24, 2.45) is 0 Å². The van der Waals surface area contributed by atoms with Crippen LogP contribution in [0.4, 0.5) is 5.69 Å². The largest absolute Gasteiger partial charge is 0.373 e. The molecule has 5 nitrogen and oxygen atoms in total. The monoisotopic (exact) mass is 360 g/mol. The predicted octanol–water partition coefficient (Wildman–Crippen LogP) is 2.84. The van der Waals surface area contributed by atoms with Crippen LogP contribution in [0.2, 0.25) is 0 Å². The molecule has 27 heavy (non-hydrogen) atoms. The van der Waals surface area contributed by atoms with Crippen molar-refractivity contribution in [3.63, 3.8) is 0 Å². The second-order valence-electron chi connectivity index (χ2n) is 6.68. The Hall–Kier alpha value is -3.26. The molecule has 0 atom stereocenters. The number of carbonyl (C=O) groups is 1. The van der Waals surface area contributed by atoms with Crippen LogP contribution in [0, 0.1) is 18.3 Å². The minimum atomic E-state index is -0.331. The van der Waals surface area contributed by atoms with Gasteiger partial charge in [-0.3, -0.25) is 4.79 Å². The topological polar surface area (TPSA) is 59.4 Å². The quantitative estimate of drug-likeness (QED) is 0.658. The molecule has 0 spiro atoms. The van der Waals surface area contributed by atoms with Crippen LogP contribution >= 0.6 is 0 Å². The van der Waals surface area contributed by atoms with Crippen LogP contribution in [0.5, 0.6) is 0 Å². The third-order valence-corrected chi connectivity index (χ3v) is 4.65. The van der Waals surface area contributed by atoms with Gasteiger partial charge in [0.15, 0.2) is 0 Å². The molecule has 5 heteroatoms. The lowest BCUT2D eigenvalue weighted by Gasteiger charge is -2.35. The third-order valence-electron chi connectivity index (χ3n) is 4.65. The van der Waals surface area contributed by atoms with E-state index >= 15 is 0 Å². The fourth-order valence-corrected chi connectivity index (χ4v) is 3.13. The summed E-state index contributed by atoms with van der Waals surface area (Å²) in [6.07, 6.45) is 1.69. The van der Waals surface area contributed by atoms with Gasteiger partial charge in [-0.25, -0.2) is 0 Å². The highest BCUT2D eigenvalue weighted by Crippen LogP contribution is 2.18. The van der Waals surface area contributed by atoms with E-state index in [2.05, 4.69) is 41.4 Å². The molecular weight excluding hydrogens is 336 g/mol. The summed E-state index contributed by atoms with van der Waals surface area (Å²) in [4.78, 5) is 16.7. The molecule has 0 bridgehead atoms. The van der Waals surface area contributed by atoms with Gasteiger partial charge in [0.25, 0.3) is 5.91 Å². The number of nitrogens with zero attached hydrogens (tertiary/aromatic N) is 3. The molecule has 1 fully saturated rings. The van der Waals surface area contributed by atoms with Gasteiger partial charge in [-0.2, -0.15) is 5.26 Å². The van der Waals surface area contributed by atoms with Gasteiger partial charge in [0, 0.05) is 44.6 Å². The summed E-state index contributed by atoms with van der Waals surface area (Å²) in [5, 5.41) is 12.2. The van der Waals surface area contributed by atoms with Gasteiger partial charge >= 0.3 is 0 Å². The first-order chi connectivity index (χ1) is 13.2. The highest BCUT2D eigenvalue weighted by Gasteiger charge is 2.17. The Balaban J connectivity index is 1.55. The number of amides is 1. The van der Waals surface area contributed by atoms with Crippen molar-refractivity contribution in [3.05, 3.63) is 77.5 Å². The van der Waals surface area contributed by atoms with Crippen molar-refractivity contribution in [3.8, 4) is 6.07 Å². The number of nitriles is 1. The number of rotatable bonds is 5. The summed E-state index contributed by atoms with van der Waals surface area (Å²) in [7, 11) is 0. The Morgan fingerprint density at radius 1 is 1.11 bits per heavy atom. The molecule has 2 aromatic rings. The summed E-state index contributed by atoms with van der Waals surface area (Å²) in [5.74, 6) is -0.331. The molecule has 1 aliphatic heterocycles. The first-order valence-corrected chi connectivity index (χ1v) is 9.15. The lowest BCUT2D eigenvalue weighted by Crippen LogP contribution is -2.44. The van der Waals surface area contributed by atoms with E-state index in [-0.39, 0.29) is 11.5 Å². The van der Waals surface area contributed by atoms with E-state index in [1.807, 2.05) is 41.3 Å². The number of hydrogen-bond acceptors (Lipinski definition) is 4. The number of anilines is 1. The summed E-state index contributed by atoms with van der Waals surface area (Å²) in [6, 6.07) is 20.2.